The molecule has 0 amide bonds. The Morgan fingerprint density at radius 2 is 1.62 bits per heavy atom. The van der Waals surface area contributed by atoms with E-state index >= 15 is 0 Å². The Morgan fingerprint density at radius 1 is 0.946 bits per heavy atom. The lowest BCUT2D eigenvalue weighted by molar-refractivity contribution is -0.149. The molecule has 2 aromatic carbocycles. The summed E-state index contributed by atoms with van der Waals surface area (Å²) in [5.41, 5.74) is 3.86. The van der Waals surface area contributed by atoms with E-state index < -0.39 is 17.4 Å². The Labute approximate surface area is 215 Å². The number of hydrogen-bond acceptors (Lipinski definition) is 7. The van der Waals surface area contributed by atoms with Crippen molar-refractivity contribution < 1.29 is 24.2 Å². The van der Waals surface area contributed by atoms with Crippen molar-refractivity contribution in [1.82, 2.24) is 9.97 Å². The van der Waals surface area contributed by atoms with Gasteiger partial charge >= 0.3 is 11.9 Å². The molecule has 37 heavy (non-hydrogen) atoms. The van der Waals surface area contributed by atoms with Crippen LogP contribution in [0.25, 0.3) is 33.1 Å². The maximum Gasteiger partial charge on any atom is 0.333 e. The molecule has 2 aromatic heterocycles. The first-order valence-corrected chi connectivity index (χ1v) is 12.0. The van der Waals surface area contributed by atoms with Crippen molar-refractivity contribution >= 4 is 33.7 Å². The van der Waals surface area contributed by atoms with Crippen LogP contribution in [-0.4, -0.2) is 40.2 Å². The monoisotopic (exact) mass is 498 g/mol. The molecule has 0 atom stereocenters. The Hall–Kier alpha value is -4.26. The number of carbonyl (C=O) groups excluding carboxylic acids is 2. The predicted octanol–water partition coefficient (Wildman–Crippen LogP) is 5.66. The van der Waals surface area contributed by atoms with E-state index in [0.717, 1.165) is 21.8 Å². The summed E-state index contributed by atoms with van der Waals surface area (Å²) in [5.74, 6) is -0.934. The van der Waals surface area contributed by atoms with Crippen LogP contribution in [0, 0.1) is 0 Å². The van der Waals surface area contributed by atoms with E-state index in [1.807, 2.05) is 63.2 Å². The van der Waals surface area contributed by atoms with Gasteiger partial charge in [0.1, 0.15) is 19.0 Å². The second-order valence-electron chi connectivity index (χ2n) is 9.97. The largest absolute Gasteiger partial charge is 0.507 e. The summed E-state index contributed by atoms with van der Waals surface area (Å²) in [4.78, 5) is 33.4. The topological polar surface area (TPSA) is 98.6 Å². The number of carbonyl (C=O) groups is 2. The number of ether oxygens (including phenoxy) is 2. The first-order valence-electron chi connectivity index (χ1n) is 12.0. The minimum Gasteiger partial charge on any atom is -0.507 e. The van der Waals surface area contributed by atoms with E-state index in [-0.39, 0.29) is 31.0 Å². The van der Waals surface area contributed by atoms with Gasteiger partial charge in [0.25, 0.3) is 0 Å². The lowest BCUT2D eigenvalue weighted by atomic mass is 9.80. The standard InChI is InChI=1S/C30H30N2O5/c1-18(2)29(35)37-16-15-36-24(33)17-21-10-12-22(28(34)25(21)30(3,4)5)23-13-11-20-9-8-19-7-6-14-31-26(19)27(20)32-23/h6-14,34H,1,15-17H2,2-5H3. The lowest BCUT2D eigenvalue weighted by Crippen LogP contribution is -2.19. The van der Waals surface area contributed by atoms with Crippen molar-refractivity contribution in [1.29, 1.82) is 0 Å². The fourth-order valence-electron chi connectivity index (χ4n) is 4.32. The van der Waals surface area contributed by atoms with E-state index in [1.54, 1.807) is 19.2 Å². The van der Waals surface area contributed by atoms with Gasteiger partial charge in [-0.1, -0.05) is 57.7 Å². The zero-order valence-corrected chi connectivity index (χ0v) is 21.5. The first kappa shape index (κ1) is 25.8. The Morgan fingerprint density at radius 3 is 2.32 bits per heavy atom. The molecule has 4 rings (SSSR count). The van der Waals surface area contributed by atoms with Crippen LogP contribution in [0.4, 0.5) is 0 Å². The van der Waals surface area contributed by atoms with Crippen molar-refractivity contribution in [2.75, 3.05) is 13.2 Å². The minimum absolute atomic E-state index is 0.0332. The van der Waals surface area contributed by atoms with Gasteiger partial charge in [-0.15, -0.1) is 0 Å². The van der Waals surface area contributed by atoms with Gasteiger partial charge in [0.05, 0.1) is 23.1 Å². The molecule has 7 nitrogen and oxygen atoms in total. The third kappa shape index (κ3) is 5.61. The molecule has 0 unspecified atom stereocenters. The molecule has 0 spiro atoms. The zero-order chi connectivity index (χ0) is 26.7. The number of benzene rings is 2. The van der Waals surface area contributed by atoms with E-state index in [9.17, 15) is 14.7 Å². The quantitative estimate of drug-likeness (QED) is 0.152. The van der Waals surface area contributed by atoms with Crippen LogP contribution in [0.15, 0.2) is 66.9 Å². The molecule has 0 fully saturated rings. The Balaban J connectivity index is 1.63. The van der Waals surface area contributed by atoms with Crippen molar-refractivity contribution in [2.24, 2.45) is 0 Å². The number of phenols is 1. The fourth-order valence-corrected chi connectivity index (χ4v) is 4.32. The molecule has 0 aliphatic heterocycles. The third-order valence-corrected chi connectivity index (χ3v) is 5.99. The molecule has 0 radical (unpaired) electrons. The number of hydrogen-bond donors (Lipinski definition) is 1. The number of nitrogens with zero attached hydrogens (tertiary/aromatic N) is 2. The SMILES string of the molecule is C=C(C)C(=O)OCCOC(=O)Cc1ccc(-c2ccc3ccc4cccnc4c3n2)c(O)c1C(C)(C)C. The number of phenolic OH excluding ortho intramolecular Hbond substituents is 1. The first-order chi connectivity index (χ1) is 17.6. The highest BCUT2D eigenvalue weighted by molar-refractivity contribution is 6.03. The summed E-state index contributed by atoms with van der Waals surface area (Å²) in [6.07, 6.45) is 1.71. The smallest absolute Gasteiger partial charge is 0.333 e. The Kier molecular flexibility index (Phi) is 7.25. The second kappa shape index (κ2) is 10.4. The molecular weight excluding hydrogens is 468 g/mol. The summed E-state index contributed by atoms with van der Waals surface area (Å²) >= 11 is 0. The Bertz CT molecular complexity index is 1520. The number of aromatic nitrogens is 2. The van der Waals surface area contributed by atoms with Crippen LogP contribution in [0.2, 0.25) is 0 Å². The third-order valence-electron chi connectivity index (χ3n) is 5.99. The number of aromatic hydroxyl groups is 1. The van der Waals surface area contributed by atoms with Crippen molar-refractivity contribution in [3.63, 3.8) is 0 Å². The molecule has 190 valence electrons. The molecule has 7 heteroatoms. The molecule has 1 N–H and O–H groups in total. The molecule has 0 aliphatic rings. The highest BCUT2D eigenvalue weighted by atomic mass is 16.6. The molecule has 4 aromatic rings. The molecule has 0 saturated carbocycles. The van der Waals surface area contributed by atoms with E-state index in [1.165, 1.54) is 0 Å². The molecular formula is C30H30N2O5. The van der Waals surface area contributed by atoms with E-state index in [2.05, 4.69) is 11.6 Å². The highest BCUT2D eigenvalue weighted by Gasteiger charge is 2.26. The summed E-state index contributed by atoms with van der Waals surface area (Å²) in [5, 5.41) is 13.4. The van der Waals surface area contributed by atoms with E-state index in [4.69, 9.17) is 14.5 Å². The predicted molar refractivity (Wildman–Crippen MR) is 143 cm³/mol. The maximum atomic E-state index is 12.5. The van der Waals surface area contributed by atoms with Gasteiger partial charge in [-0.2, -0.15) is 0 Å². The van der Waals surface area contributed by atoms with Gasteiger partial charge in [-0.05, 0) is 36.1 Å². The number of pyridine rings is 2. The highest BCUT2D eigenvalue weighted by Crippen LogP contribution is 2.41. The number of esters is 2. The minimum atomic E-state index is -0.530. The van der Waals surface area contributed by atoms with E-state index in [0.29, 0.717) is 22.4 Å². The van der Waals surface area contributed by atoms with Crippen LogP contribution in [0.3, 0.4) is 0 Å². The average molecular weight is 499 g/mol. The van der Waals surface area contributed by atoms with Crippen molar-refractivity contribution in [3.05, 3.63) is 78.0 Å². The maximum absolute atomic E-state index is 12.5. The number of fused-ring (bicyclic) bond motifs is 3. The van der Waals surface area contributed by atoms with Gasteiger partial charge in [-0.25, -0.2) is 9.78 Å². The summed E-state index contributed by atoms with van der Waals surface area (Å²) in [6, 6.07) is 15.3. The summed E-state index contributed by atoms with van der Waals surface area (Å²) in [6.45, 7) is 10.9. The normalized spacial score (nSPS) is 11.5. The van der Waals surface area contributed by atoms with Crippen LogP contribution in [0.1, 0.15) is 38.8 Å². The van der Waals surface area contributed by atoms with Gasteiger partial charge in [0.15, 0.2) is 0 Å². The summed E-state index contributed by atoms with van der Waals surface area (Å²) in [7, 11) is 0. The van der Waals surface area contributed by atoms with Crippen LogP contribution in [-0.2, 0) is 30.9 Å². The number of rotatable bonds is 7. The van der Waals surface area contributed by atoms with Gasteiger partial charge in [0.2, 0.25) is 0 Å². The van der Waals surface area contributed by atoms with Crippen LogP contribution < -0.4 is 0 Å². The average Bonchev–Trinajstić information content (AvgIpc) is 2.85. The van der Waals surface area contributed by atoms with Crippen molar-refractivity contribution in [3.8, 4) is 17.0 Å². The van der Waals surface area contributed by atoms with Gasteiger partial charge in [0, 0.05) is 33.7 Å². The van der Waals surface area contributed by atoms with Gasteiger partial charge < -0.3 is 14.6 Å². The van der Waals surface area contributed by atoms with Crippen LogP contribution in [0.5, 0.6) is 5.75 Å². The molecule has 2 heterocycles. The lowest BCUT2D eigenvalue weighted by Gasteiger charge is -2.25. The van der Waals surface area contributed by atoms with Crippen molar-refractivity contribution in [2.45, 2.75) is 39.5 Å². The molecule has 0 aliphatic carbocycles. The fraction of sp³-hybridized carbons (Fsp3) is 0.267. The molecule has 0 saturated heterocycles. The van der Waals surface area contributed by atoms with Crippen LogP contribution >= 0.6 is 0 Å². The zero-order valence-electron chi connectivity index (χ0n) is 21.5. The molecule has 0 bridgehead atoms. The summed E-state index contributed by atoms with van der Waals surface area (Å²) < 4.78 is 10.2. The van der Waals surface area contributed by atoms with Gasteiger partial charge in [-0.3, -0.25) is 9.78 Å². The second-order valence-corrected chi connectivity index (χ2v) is 9.97.